The molecule has 0 fully saturated rings. The zero-order valence-corrected chi connectivity index (χ0v) is 23.3. The number of thiazole rings is 1. The average molecular weight is 584 g/mol. The summed E-state index contributed by atoms with van der Waals surface area (Å²) in [6.45, 7) is 3.94. The van der Waals surface area contributed by atoms with Gasteiger partial charge in [-0.2, -0.15) is 0 Å². The number of nitro groups is 1. The van der Waals surface area contributed by atoms with E-state index in [9.17, 15) is 19.7 Å². The molecule has 0 aliphatic carbocycles. The van der Waals surface area contributed by atoms with Gasteiger partial charge in [0.1, 0.15) is 17.6 Å². The van der Waals surface area contributed by atoms with E-state index in [-0.39, 0.29) is 34.2 Å². The fraction of sp³-hybridized carbons (Fsp3) is 0.222. The lowest BCUT2D eigenvalue weighted by Gasteiger charge is -2.24. The molecular formula is C27H22ClN3O6S2. The number of aromatic nitrogens is 1. The Balaban J connectivity index is 1.64. The number of ether oxygens (including phenoxy) is 1. The molecule has 3 aromatic heterocycles. The van der Waals surface area contributed by atoms with Crippen LogP contribution in [0.3, 0.4) is 0 Å². The van der Waals surface area contributed by atoms with Crippen LogP contribution in [0.25, 0.3) is 17.4 Å². The highest BCUT2D eigenvalue weighted by Crippen LogP contribution is 2.35. The quantitative estimate of drug-likeness (QED) is 0.154. The van der Waals surface area contributed by atoms with Crippen molar-refractivity contribution in [2.24, 2.45) is 4.99 Å². The van der Waals surface area contributed by atoms with Gasteiger partial charge in [0.05, 0.1) is 32.9 Å². The third-order valence-electron chi connectivity index (χ3n) is 6.03. The number of benzene rings is 1. The Hall–Kier alpha value is -3.80. The number of nitrogens with zero attached hydrogens (tertiary/aromatic N) is 3. The second kappa shape index (κ2) is 11.1. The number of halogens is 1. The molecule has 1 aliphatic heterocycles. The molecule has 0 saturated carbocycles. The van der Waals surface area contributed by atoms with Gasteiger partial charge in [-0.3, -0.25) is 19.5 Å². The van der Waals surface area contributed by atoms with Crippen LogP contribution in [0.2, 0.25) is 5.02 Å². The fourth-order valence-corrected chi connectivity index (χ4v) is 6.40. The van der Waals surface area contributed by atoms with Crippen LogP contribution in [-0.4, -0.2) is 22.1 Å². The summed E-state index contributed by atoms with van der Waals surface area (Å²) in [7, 11) is 0. The van der Waals surface area contributed by atoms with Crippen LogP contribution in [0.5, 0.6) is 0 Å². The van der Waals surface area contributed by atoms with Crippen LogP contribution < -0.4 is 14.9 Å². The summed E-state index contributed by atoms with van der Waals surface area (Å²) in [6, 6.07) is 10.7. The monoisotopic (exact) mass is 583 g/mol. The molecule has 12 heteroatoms. The number of carbonyl (C=O) groups excluding carboxylic acids is 1. The first-order valence-corrected chi connectivity index (χ1v) is 14.2. The van der Waals surface area contributed by atoms with Gasteiger partial charge in [0.15, 0.2) is 4.80 Å². The minimum absolute atomic E-state index is 0.186. The predicted molar refractivity (Wildman–Crippen MR) is 150 cm³/mol. The van der Waals surface area contributed by atoms with Gasteiger partial charge < -0.3 is 9.15 Å². The van der Waals surface area contributed by atoms with Crippen molar-refractivity contribution in [3.63, 3.8) is 0 Å². The standard InChI is InChI=1S/C27H22ClN3O6S2/c1-3-6-18-23(26(33)36-4-2)24(21-7-5-12-38-21)30-25(32)22(39-27(30)29-18)14-16-9-11-20(37-16)17-10-8-15(28)13-19(17)31(34)35/h5,7-14,24H,3-4,6H2,1-2H3/b22-14-. The Kier molecular flexibility index (Phi) is 7.65. The molecule has 1 aromatic carbocycles. The number of hydrogen-bond donors (Lipinski definition) is 0. The molecule has 1 aliphatic rings. The molecular weight excluding hydrogens is 562 g/mol. The maximum atomic E-state index is 13.7. The molecule has 39 heavy (non-hydrogen) atoms. The van der Waals surface area contributed by atoms with E-state index in [1.165, 1.54) is 39.4 Å². The number of rotatable bonds is 8. The minimum Gasteiger partial charge on any atom is -0.463 e. The van der Waals surface area contributed by atoms with Crippen molar-refractivity contribution in [2.75, 3.05) is 6.61 Å². The number of thiophene rings is 1. The second-order valence-electron chi connectivity index (χ2n) is 8.55. The number of esters is 1. The molecule has 0 bridgehead atoms. The molecule has 0 spiro atoms. The van der Waals surface area contributed by atoms with E-state index >= 15 is 0 Å². The van der Waals surface area contributed by atoms with E-state index in [1.807, 2.05) is 24.4 Å². The van der Waals surface area contributed by atoms with Crippen LogP contribution in [0.4, 0.5) is 5.69 Å². The topological polar surface area (TPSA) is 117 Å². The van der Waals surface area contributed by atoms with Crippen LogP contribution in [0.15, 0.2) is 73.3 Å². The number of hydrogen-bond acceptors (Lipinski definition) is 9. The first-order chi connectivity index (χ1) is 18.8. The van der Waals surface area contributed by atoms with E-state index < -0.39 is 16.9 Å². The number of allylic oxidation sites excluding steroid dienone is 1. The smallest absolute Gasteiger partial charge is 0.338 e. The second-order valence-corrected chi connectivity index (χ2v) is 11.0. The predicted octanol–water partition coefficient (Wildman–Crippen LogP) is 5.46. The number of furan rings is 1. The first-order valence-electron chi connectivity index (χ1n) is 12.1. The largest absolute Gasteiger partial charge is 0.463 e. The molecule has 9 nitrogen and oxygen atoms in total. The molecule has 200 valence electrons. The van der Waals surface area contributed by atoms with Crippen molar-refractivity contribution < 1.29 is 18.9 Å². The Morgan fingerprint density at radius 1 is 1.28 bits per heavy atom. The Bertz CT molecular complexity index is 1780. The average Bonchev–Trinajstić information content (AvgIpc) is 3.66. The van der Waals surface area contributed by atoms with Crippen LogP contribution >= 0.6 is 34.3 Å². The lowest BCUT2D eigenvalue weighted by atomic mass is 9.99. The lowest BCUT2D eigenvalue weighted by Crippen LogP contribution is -2.39. The minimum atomic E-state index is -0.659. The normalized spacial score (nSPS) is 15.3. The van der Waals surface area contributed by atoms with Crippen LogP contribution in [-0.2, 0) is 9.53 Å². The maximum Gasteiger partial charge on any atom is 0.338 e. The SMILES string of the molecule is CCCC1=C(C(=O)OCC)C(c2cccs2)n2c(s/c(=C\c3ccc(-c4ccc(Cl)cc4[N+](=O)[O-])o3)c2=O)=N1. The van der Waals surface area contributed by atoms with Gasteiger partial charge in [-0.15, -0.1) is 11.3 Å². The van der Waals surface area contributed by atoms with Gasteiger partial charge in [-0.1, -0.05) is 42.3 Å². The number of fused-ring (bicyclic) bond motifs is 1. The van der Waals surface area contributed by atoms with E-state index in [1.54, 1.807) is 31.2 Å². The van der Waals surface area contributed by atoms with Crippen molar-refractivity contribution in [3.8, 4) is 11.3 Å². The Morgan fingerprint density at radius 2 is 2.10 bits per heavy atom. The van der Waals surface area contributed by atoms with Gasteiger partial charge in [0, 0.05) is 22.0 Å². The van der Waals surface area contributed by atoms with Crippen molar-refractivity contribution in [1.82, 2.24) is 4.57 Å². The third kappa shape index (κ3) is 5.12. The van der Waals surface area contributed by atoms with E-state index in [4.69, 9.17) is 25.7 Å². The molecule has 4 aromatic rings. The highest BCUT2D eigenvalue weighted by Gasteiger charge is 2.34. The summed E-state index contributed by atoms with van der Waals surface area (Å²) in [5.41, 5.74) is 0.734. The van der Waals surface area contributed by atoms with Gasteiger partial charge >= 0.3 is 5.97 Å². The highest BCUT2D eigenvalue weighted by molar-refractivity contribution is 7.10. The van der Waals surface area contributed by atoms with E-state index in [2.05, 4.69) is 0 Å². The van der Waals surface area contributed by atoms with Gasteiger partial charge in [-0.25, -0.2) is 9.79 Å². The fourth-order valence-electron chi connectivity index (χ4n) is 4.41. The van der Waals surface area contributed by atoms with E-state index in [0.717, 1.165) is 11.3 Å². The maximum absolute atomic E-state index is 13.7. The Labute approximate surface area is 235 Å². The van der Waals surface area contributed by atoms with Crippen molar-refractivity contribution in [3.05, 3.63) is 105 Å². The van der Waals surface area contributed by atoms with Crippen molar-refractivity contribution in [1.29, 1.82) is 0 Å². The molecule has 0 saturated heterocycles. The summed E-state index contributed by atoms with van der Waals surface area (Å²) < 4.78 is 13.1. The molecule has 5 rings (SSSR count). The molecule has 0 amide bonds. The van der Waals surface area contributed by atoms with Crippen LogP contribution in [0, 0.1) is 10.1 Å². The summed E-state index contributed by atoms with van der Waals surface area (Å²) in [5.74, 6) is 0.117. The molecule has 1 atom stereocenters. The van der Waals surface area contributed by atoms with E-state index in [0.29, 0.717) is 32.8 Å². The molecule has 0 radical (unpaired) electrons. The summed E-state index contributed by atoms with van der Waals surface area (Å²) >= 11 is 8.58. The van der Waals surface area contributed by atoms with Crippen molar-refractivity contribution >= 4 is 52.0 Å². The van der Waals surface area contributed by atoms with Crippen LogP contribution in [0.1, 0.15) is 43.4 Å². The number of carbonyl (C=O) groups is 1. The van der Waals surface area contributed by atoms with Gasteiger partial charge in [0.2, 0.25) is 0 Å². The number of nitro benzene ring substituents is 1. The summed E-state index contributed by atoms with van der Waals surface area (Å²) in [6.07, 6.45) is 2.90. The third-order valence-corrected chi connectivity index (χ3v) is 8.17. The Morgan fingerprint density at radius 3 is 2.79 bits per heavy atom. The zero-order chi connectivity index (χ0) is 27.7. The summed E-state index contributed by atoms with van der Waals surface area (Å²) in [5, 5.41) is 13.7. The molecule has 1 unspecified atom stereocenters. The first kappa shape index (κ1) is 26.8. The zero-order valence-electron chi connectivity index (χ0n) is 20.9. The summed E-state index contributed by atoms with van der Waals surface area (Å²) in [4.78, 5) is 43.9. The van der Waals surface area contributed by atoms with Crippen molar-refractivity contribution in [2.45, 2.75) is 32.7 Å². The molecule has 0 N–H and O–H groups in total. The van der Waals surface area contributed by atoms with Gasteiger partial charge in [-0.05, 0) is 49.1 Å². The molecule has 4 heterocycles. The lowest BCUT2D eigenvalue weighted by molar-refractivity contribution is -0.384. The highest BCUT2D eigenvalue weighted by atomic mass is 35.5. The van der Waals surface area contributed by atoms with Gasteiger partial charge in [0.25, 0.3) is 11.2 Å².